The summed E-state index contributed by atoms with van der Waals surface area (Å²) >= 11 is 6.03. The average molecular weight is 282 g/mol. The predicted octanol–water partition coefficient (Wildman–Crippen LogP) is 3.57. The number of nitrogens with zero attached hydrogens (tertiary/aromatic N) is 1. The maximum atomic E-state index is 9.17. The van der Waals surface area contributed by atoms with Gasteiger partial charge in [0.1, 0.15) is 0 Å². The lowest BCUT2D eigenvalue weighted by Crippen LogP contribution is -2.35. The van der Waals surface area contributed by atoms with Crippen molar-refractivity contribution in [1.82, 2.24) is 4.90 Å². The van der Waals surface area contributed by atoms with Gasteiger partial charge in [-0.25, -0.2) is 0 Å². The highest BCUT2D eigenvalue weighted by Crippen LogP contribution is 2.24. The van der Waals surface area contributed by atoms with Gasteiger partial charge in [0.15, 0.2) is 0 Å². The summed E-state index contributed by atoms with van der Waals surface area (Å²) in [4.78, 5) is 2.52. The average Bonchev–Trinajstić information content (AvgIpc) is 2.39. The Bertz CT molecular complexity index is 396. The van der Waals surface area contributed by atoms with Crippen LogP contribution >= 0.6 is 11.6 Å². The van der Waals surface area contributed by atoms with Crippen molar-refractivity contribution in [3.05, 3.63) is 34.9 Å². The van der Waals surface area contributed by atoms with Crippen molar-refractivity contribution in [1.29, 1.82) is 0 Å². The van der Waals surface area contributed by atoms with Gasteiger partial charge in [0.25, 0.3) is 0 Å². The van der Waals surface area contributed by atoms with E-state index in [0.717, 1.165) is 30.5 Å². The summed E-state index contributed by atoms with van der Waals surface area (Å²) in [6.45, 7) is 5.76. The summed E-state index contributed by atoms with van der Waals surface area (Å²) in [6, 6.07) is 8.15. The fourth-order valence-corrected chi connectivity index (χ4v) is 3.24. The molecule has 2 rings (SSSR count). The molecule has 0 amide bonds. The largest absolute Gasteiger partial charge is 0.396 e. The molecule has 1 aliphatic rings. The van der Waals surface area contributed by atoms with Gasteiger partial charge in [-0.3, -0.25) is 4.90 Å². The molecule has 1 saturated heterocycles. The maximum Gasteiger partial charge on any atom is 0.0456 e. The van der Waals surface area contributed by atoms with E-state index in [0.29, 0.717) is 12.5 Å². The molecular weight excluding hydrogens is 258 g/mol. The Morgan fingerprint density at radius 2 is 2.32 bits per heavy atom. The molecule has 0 aliphatic carbocycles. The molecule has 1 aromatic carbocycles. The molecule has 2 nitrogen and oxygen atoms in total. The van der Waals surface area contributed by atoms with Gasteiger partial charge in [-0.1, -0.05) is 30.7 Å². The lowest BCUT2D eigenvalue weighted by atomic mass is 9.89. The van der Waals surface area contributed by atoms with Gasteiger partial charge in [0.2, 0.25) is 0 Å². The molecule has 1 heterocycles. The molecule has 3 heteroatoms. The van der Waals surface area contributed by atoms with Gasteiger partial charge < -0.3 is 5.11 Å². The van der Waals surface area contributed by atoms with Crippen LogP contribution in [0.3, 0.4) is 0 Å². The Balaban J connectivity index is 1.87. The van der Waals surface area contributed by atoms with E-state index >= 15 is 0 Å². The van der Waals surface area contributed by atoms with Crippen LogP contribution in [0.4, 0.5) is 0 Å². The normalized spacial score (nSPS) is 22.4. The SMILES string of the molecule is CC(CO)CC1CCCN(Cc2cccc(Cl)c2)C1. The smallest absolute Gasteiger partial charge is 0.0456 e. The molecule has 106 valence electrons. The number of halogens is 1. The van der Waals surface area contributed by atoms with E-state index in [9.17, 15) is 0 Å². The number of benzene rings is 1. The lowest BCUT2D eigenvalue weighted by Gasteiger charge is -2.33. The summed E-state index contributed by atoms with van der Waals surface area (Å²) in [7, 11) is 0. The number of hydrogen-bond donors (Lipinski definition) is 1. The first-order chi connectivity index (χ1) is 9.17. The summed E-state index contributed by atoms with van der Waals surface area (Å²) in [5, 5.41) is 9.99. The van der Waals surface area contributed by atoms with Gasteiger partial charge in [0.05, 0.1) is 0 Å². The minimum absolute atomic E-state index is 0.310. The quantitative estimate of drug-likeness (QED) is 0.892. The fourth-order valence-electron chi connectivity index (χ4n) is 3.02. The Hall–Kier alpha value is -0.570. The summed E-state index contributed by atoms with van der Waals surface area (Å²) < 4.78 is 0. The second-order valence-corrected chi connectivity index (χ2v) is 6.33. The van der Waals surface area contributed by atoms with Crippen molar-refractivity contribution < 1.29 is 5.11 Å². The lowest BCUT2D eigenvalue weighted by molar-refractivity contribution is 0.134. The van der Waals surface area contributed by atoms with Crippen LogP contribution in [0.25, 0.3) is 0 Å². The molecule has 0 saturated carbocycles. The highest BCUT2D eigenvalue weighted by molar-refractivity contribution is 6.30. The Kier molecular flexibility index (Phi) is 5.68. The van der Waals surface area contributed by atoms with E-state index < -0.39 is 0 Å². The van der Waals surface area contributed by atoms with Gasteiger partial charge in [-0.05, 0) is 55.3 Å². The van der Waals surface area contributed by atoms with E-state index in [1.54, 1.807) is 0 Å². The molecule has 1 N–H and O–H groups in total. The summed E-state index contributed by atoms with van der Waals surface area (Å²) in [5.74, 6) is 1.16. The van der Waals surface area contributed by atoms with Crippen LogP contribution in [0.2, 0.25) is 5.02 Å². The van der Waals surface area contributed by atoms with Crippen molar-refractivity contribution in [3.8, 4) is 0 Å². The molecule has 0 aromatic heterocycles. The van der Waals surface area contributed by atoms with Gasteiger partial charge in [-0.15, -0.1) is 0 Å². The molecule has 1 fully saturated rings. The molecule has 1 aromatic rings. The third kappa shape index (κ3) is 4.79. The number of likely N-dealkylation sites (tertiary alicyclic amines) is 1. The highest BCUT2D eigenvalue weighted by Gasteiger charge is 2.21. The number of piperidine rings is 1. The van der Waals surface area contributed by atoms with Crippen molar-refractivity contribution in [2.24, 2.45) is 11.8 Å². The second kappa shape index (κ2) is 7.28. The number of hydrogen-bond acceptors (Lipinski definition) is 2. The van der Waals surface area contributed by atoms with Gasteiger partial charge in [-0.2, -0.15) is 0 Å². The number of aliphatic hydroxyl groups is 1. The Morgan fingerprint density at radius 1 is 1.47 bits per heavy atom. The first kappa shape index (κ1) is 14.8. The minimum atomic E-state index is 0.310. The molecule has 0 bridgehead atoms. The van der Waals surface area contributed by atoms with Gasteiger partial charge in [0, 0.05) is 24.7 Å². The van der Waals surface area contributed by atoms with Crippen molar-refractivity contribution in [2.45, 2.75) is 32.7 Å². The fraction of sp³-hybridized carbons (Fsp3) is 0.625. The van der Waals surface area contributed by atoms with E-state index in [-0.39, 0.29) is 0 Å². The second-order valence-electron chi connectivity index (χ2n) is 5.90. The monoisotopic (exact) mass is 281 g/mol. The first-order valence-corrected chi connectivity index (χ1v) is 7.63. The summed E-state index contributed by atoms with van der Waals surface area (Å²) in [5.41, 5.74) is 1.29. The molecule has 2 atom stereocenters. The van der Waals surface area contributed by atoms with E-state index in [1.165, 1.54) is 24.9 Å². The third-order valence-corrected chi connectivity index (χ3v) is 4.18. The Morgan fingerprint density at radius 3 is 3.05 bits per heavy atom. The van der Waals surface area contributed by atoms with Crippen LogP contribution in [0.15, 0.2) is 24.3 Å². The molecule has 0 radical (unpaired) electrons. The van der Waals surface area contributed by atoms with Crippen LogP contribution in [-0.4, -0.2) is 29.7 Å². The third-order valence-electron chi connectivity index (χ3n) is 3.95. The topological polar surface area (TPSA) is 23.5 Å². The van der Waals surface area contributed by atoms with Crippen molar-refractivity contribution in [3.63, 3.8) is 0 Å². The number of aliphatic hydroxyl groups excluding tert-OH is 1. The van der Waals surface area contributed by atoms with Crippen LogP contribution in [-0.2, 0) is 6.54 Å². The van der Waals surface area contributed by atoms with E-state index in [4.69, 9.17) is 16.7 Å². The zero-order valence-corrected chi connectivity index (χ0v) is 12.4. The molecular formula is C16H24ClNO. The van der Waals surface area contributed by atoms with E-state index in [1.807, 2.05) is 12.1 Å². The van der Waals surface area contributed by atoms with Gasteiger partial charge >= 0.3 is 0 Å². The first-order valence-electron chi connectivity index (χ1n) is 7.25. The molecule has 19 heavy (non-hydrogen) atoms. The van der Waals surface area contributed by atoms with Crippen LogP contribution in [0.1, 0.15) is 31.7 Å². The van der Waals surface area contributed by atoms with Crippen LogP contribution in [0.5, 0.6) is 0 Å². The zero-order chi connectivity index (χ0) is 13.7. The predicted molar refractivity (Wildman–Crippen MR) is 80.3 cm³/mol. The van der Waals surface area contributed by atoms with Crippen LogP contribution < -0.4 is 0 Å². The molecule has 2 unspecified atom stereocenters. The van der Waals surface area contributed by atoms with Crippen LogP contribution in [0, 0.1) is 11.8 Å². The van der Waals surface area contributed by atoms with Crippen molar-refractivity contribution in [2.75, 3.05) is 19.7 Å². The molecule has 1 aliphatic heterocycles. The number of rotatable bonds is 5. The van der Waals surface area contributed by atoms with Crippen molar-refractivity contribution >= 4 is 11.6 Å². The molecule has 0 spiro atoms. The summed E-state index contributed by atoms with van der Waals surface area (Å²) in [6.07, 6.45) is 3.71. The maximum absolute atomic E-state index is 9.17. The highest BCUT2D eigenvalue weighted by atomic mass is 35.5. The Labute approximate surface area is 121 Å². The minimum Gasteiger partial charge on any atom is -0.396 e. The zero-order valence-electron chi connectivity index (χ0n) is 11.7. The van der Waals surface area contributed by atoms with E-state index in [2.05, 4.69) is 24.0 Å². The standard InChI is InChI=1S/C16H24ClNO/c1-13(12-19)8-14-5-3-7-18(10-14)11-15-4-2-6-16(17)9-15/h2,4,6,9,13-14,19H,3,5,7-8,10-12H2,1H3.